The van der Waals surface area contributed by atoms with Crippen molar-refractivity contribution in [2.45, 2.75) is 59.3 Å². The number of hydrogen-bond acceptors (Lipinski definition) is 12. The molecule has 38 heavy (non-hydrogen) atoms. The smallest absolute Gasteiger partial charge is 0.332 e. The average Bonchev–Trinajstić information content (AvgIpc) is 2.89. The number of rotatable bonds is 9. The van der Waals surface area contributed by atoms with E-state index in [1.165, 1.54) is 26.3 Å². The van der Waals surface area contributed by atoms with Gasteiger partial charge in [0.15, 0.2) is 29.3 Å². The Bertz CT molecular complexity index is 1040. The van der Waals surface area contributed by atoms with E-state index in [9.17, 15) is 29.1 Å². The fourth-order valence-electron chi connectivity index (χ4n) is 3.41. The second kappa shape index (κ2) is 13.6. The highest BCUT2D eigenvalue weighted by molar-refractivity contribution is 5.98. The van der Waals surface area contributed by atoms with E-state index < -0.39 is 77.9 Å². The molecular formula is C25H34N2O11. The maximum Gasteiger partial charge on any atom is 0.332 e. The predicted molar refractivity (Wildman–Crippen MR) is 129 cm³/mol. The van der Waals surface area contributed by atoms with Gasteiger partial charge in [-0.05, 0) is 13.3 Å². The lowest BCUT2D eigenvalue weighted by Gasteiger charge is -2.29. The molecule has 0 radical (unpaired) electrons. The van der Waals surface area contributed by atoms with Crippen LogP contribution < -0.4 is 10.1 Å². The first kappa shape index (κ1) is 30.3. The third-order valence-corrected chi connectivity index (χ3v) is 5.64. The summed E-state index contributed by atoms with van der Waals surface area (Å²) in [7, 11) is 1.29. The second-order valence-electron chi connectivity index (χ2n) is 9.28. The topological polar surface area (TPSA) is 177 Å². The van der Waals surface area contributed by atoms with E-state index in [2.05, 4.69) is 10.3 Å². The van der Waals surface area contributed by atoms with E-state index in [4.69, 9.17) is 23.7 Å². The zero-order valence-electron chi connectivity index (χ0n) is 22.2. The van der Waals surface area contributed by atoms with Crippen LogP contribution in [0.3, 0.4) is 0 Å². The number of pyridine rings is 1. The van der Waals surface area contributed by atoms with Crippen LogP contribution >= 0.6 is 0 Å². The van der Waals surface area contributed by atoms with Crippen molar-refractivity contribution >= 4 is 29.8 Å². The molecule has 2 N–H and O–H groups in total. The van der Waals surface area contributed by atoms with E-state index in [0.717, 1.165) is 0 Å². The minimum Gasteiger partial charge on any atom is -0.503 e. The number of amides is 1. The molecule has 13 heteroatoms. The number of nitrogens with one attached hydrogen (secondary N) is 1. The van der Waals surface area contributed by atoms with Crippen molar-refractivity contribution in [3.8, 4) is 11.5 Å². The Kier molecular flexibility index (Phi) is 10.8. The normalized spacial score (nSPS) is 21.9. The van der Waals surface area contributed by atoms with E-state index in [1.54, 1.807) is 27.7 Å². The number of aromatic hydroxyl groups is 1. The number of carbonyl (C=O) groups excluding carboxylic acids is 5. The molecule has 1 amide bonds. The summed E-state index contributed by atoms with van der Waals surface area (Å²) in [5, 5.41) is 12.5. The summed E-state index contributed by atoms with van der Waals surface area (Å²) in [5.74, 6) is -6.53. The van der Waals surface area contributed by atoms with Crippen molar-refractivity contribution in [2.75, 3.05) is 20.3 Å². The van der Waals surface area contributed by atoms with Gasteiger partial charge in [0, 0.05) is 12.3 Å². The highest BCUT2D eigenvalue weighted by Crippen LogP contribution is 2.28. The molecule has 1 fully saturated rings. The van der Waals surface area contributed by atoms with Gasteiger partial charge in [-0.3, -0.25) is 19.2 Å². The quantitative estimate of drug-likeness (QED) is 0.339. The standard InChI is InChI=1S/C25H34N2O11/c1-12(2)22(30)35-10-8-15-20(38-23(31)13(3)4)14(5)37-25(33)16(11-36-24(15)32)27-21(29)18-19(28)17(34-6)7-9-26-18/h7,9,12-16,20,28H,8,10-11H2,1-6H3,(H,27,29). The van der Waals surface area contributed by atoms with E-state index in [0.29, 0.717) is 0 Å². The van der Waals surface area contributed by atoms with Crippen molar-refractivity contribution in [1.29, 1.82) is 0 Å². The number of ether oxygens (including phenoxy) is 5. The molecule has 13 nitrogen and oxygen atoms in total. The zero-order chi connectivity index (χ0) is 28.6. The summed E-state index contributed by atoms with van der Waals surface area (Å²) < 4.78 is 26.4. The average molecular weight is 539 g/mol. The van der Waals surface area contributed by atoms with Gasteiger partial charge in [-0.25, -0.2) is 9.78 Å². The second-order valence-corrected chi connectivity index (χ2v) is 9.28. The van der Waals surface area contributed by atoms with Gasteiger partial charge in [0.25, 0.3) is 5.91 Å². The van der Waals surface area contributed by atoms with Gasteiger partial charge in [-0.1, -0.05) is 27.7 Å². The van der Waals surface area contributed by atoms with Crippen LogP contribution in [-0.4, -0.2) is 78.4 Å². The van der Waals surface area contributed by atoms with E-state index in [-0.39, 0.29) is 24.7 Å². The van der Waals surface area contributed by atoms with Gasteiger partial charge in [-0.15, -0.1) is 0 Å². The SMILES string of the molecule is COc1ccnc(C(=O)NC2COC(=O)C(CCOC(=O)C(C)C)C(OC(=O)C(C)C)C(C)OC2=O)c1O. The number of hydrogen-bond donors (Lipinski definition) is 2. The van der Waals surface area contributed by atoms with Crippen LogP contribution in [0.4, 0.5) is 0 Å². The molecular weight excluding hydrogens is 504 g/mol. The van der Waals surface area contributed by atoms with Crippen LogP contribution in [0.25, 0.3) is 0 Å². The molecule has 2 rings (SSSR count). The Labute approximate surface area is 220 Å². The maximum atomic E-state index is 13.1. The highest BCUT2D eigenvalue weighted by atomic mass is 16.6. The summed E-state index contributed by atoms with van der Waals surface area (Å²) in [6.45, 7) is 7.14. The van der Waals surface area contributed by atoms with Crippen molar-refractivity contribution in [3.05, 3.63) is 18.0 Å². The number of esters is 4. The number of nitrogens with zero attached hydrogens (tertiary/aromatic N) is 1. The molecule has 0 aliphatic carbocycles. The summed E-state index contributed by atoms with van der Waals surface area (Å²) in [5.41, 5.74) is -0.426. The molecule has 4 atom stereocenters. The Morgan fingerprint density at radius 2 is 1.79 bits per heavy atom. The molecule has 210 valence electrons. The zero-order valence-corrected chi connectivity index (χ0v) is 22.2. The summed E-state index contributed by atoms with van der Waals surface area (Å²) >= 11 is 0. The molecule has 1 aliphatic rings. The maximum absolute atomic E-state index is 13.1. The fraction of sp³-hybridized carbons (Fsp3) is 0.600. The first-order chi connectivity index (χ1) is 17.9. The van der Waals surface area contributed by atoms with Gasteiger partial charge >= 0.3 is 23.9 Å². The van der Waals surface area contributed by atoms with Crippen LogP contribution in [0.15, 0.2) is 12.3 Å². The Balaban J connectivity index is 2.28. The predicted octanol–water partition coefficient (Wildman–Crippen LogP) is 1.16. The Hall–Kier alpha value is -3.90. The first-order valence-corrected chi connectivity index (χ1v) is 12.1. The van der Waals surface area contributed by atoms with Crippen LogP contribution in [-0.2, 0) is 38.1 Å². The molecule has 0 aromatic carbocycles. The summed E-state index contributed by atoms with van der Waals surface area (Å²) in [6, 6.07) is -0.138. The molecule has 0 spiro atoms. The van der Waals surface area contributed by atoms with Crippen molar-refractivity contribution in [1.82, 2.24) is 10.3 Å². The lowest BCUT2D eigenvalue weighted by molar-refractivity contribution is -0.178. The number of aromatic nitrogens is 1. The van der Waals surface area contributed by atoms with Crippen molar-refractivity contribution in [2.24, 2.45) is 17.8 Å². The van der Waals surface area contributed by atoms with Gasteiger partial charge in [0.2, 0.25) is 0 Å². The number of methoxy groups -OCH3 is 1. The van der Waals surface area contributed by atoms with Crippen LogP contribution in [0, 0.1) is 17.8 Å². The molecule has 1 aromatic rings. The Morgan fingerprint density at radius 3 is 2.39 bits per heavy atom. The molecule has 1 saturated heterocycles. The Morgan fingerprint density at radius 1 is 1.13 bits per heavy atom. The number of carbonyl (C=O) groups is 5. The largest absolute Gasteiger partial charge is 0.503 e. The summed E-state index contributed by atoms with van der Waals surface area (Å²) in [4.78, 5) is 66.8. The molecule has 4 unspecified atom stereocenters. The van der Waals surface area contributed by atoms with Crippen LogP contribution in [0.1, 0.15) is 51.5 Å². The molecule has 1 aromatic heterocycles. The van der Waals surface area contributed by atoms with Gasteiger partial charge < -0.3 is 34.1 Å². The third-order valence-electron chi connectivity index (χ3n) is 5.64. The molecule has 0 saturated carbocycles. The lowest BCUT2D eigenvalue weighted by atomic mass is 9.94. The first-order valence-electron chi connectivity index (χ1n) is 12.1. The van der Waals surface area contributed by atoms with Crippen LogP contribution in [0.5, 0.6) is 11.5 Å². The lowest BCUT2D eigenvalue weighted by Crippen LogP contribution is -2.46. The highest BCUT2D eigenvalue weighted by Gasteiger charge is 2.42. The van der Waals surface area contributed by atoms with Gasteiger partial charge in [0.05, 0.1) is 25.6 Å². The summed E-state index contributed by atoms with van der Waals surface area (Å²) in [6.07, 6.45) is -1.24. The van der Waals surface area contributed by atoms with E-state index in [1.807, 2.05) is 0 Å². The molecule has 1 aliphatic heterocycles. The van der Waals surface area contributed by atoms with E-state index >= 15 is 0 Å². The monoisotopic (exact) mass is 538 g/mol. The van der Waals surface area contributed by atoms with Crippen molar-refractivity contribution in [3.63, 3.8) is 0 Å². The fourth-order valence-corrected chi connectivity index (χ4v) is 3.41. The van der Waals surface area contributed by atoms with Crippen LogP contribution in [0.2, 0.25) is 0 Å². The van der Waals surface area contributed by atoms with Crippen molar-refractivity contribution < 1.29 is 52.8 Å². The molecule has 2 heterocycles. The van der Waals surface area contributed by atoms with Gasteiger partial charge in [0.1, 0.15) is 18.6 Å². The minimum atomic E-state index is -1.47. The van der Waals surface area contributed by atoms with Gasteiger partial charge in [-0.2, -0.15) is 0 Å². The third kappa shape index (κ3) is 7.80. The minimum absolute atomic E-state index is 0.0157. The molecule has 0 bridgehead atoms. The number of cyclic esters (lactones) is 2.